The largest absolute Gasteiger partial charge is 0.326 e. The topological polar surface area (TPSA) is 69.2 Å². The van der Waals surface area contributed by atoms with Crippen LogP contribution in [-0.2, 0) is 6.54 Å². The van der Waals surface area contributed by atoms with Gasteiger partial charge < -0.3 is 5.73 Å². The van der Waals surface area contributed by atoms with Gasteiger partial charge in [-0.25, -0.2) is 0 Å². The second-order valence-corrected chi connectivity index (χ2v) is 2.85. The Hall–Kier alpha value is -0.650. The highest BCUT2D eigenvalue weighted by Crippen LogP contribution is 2.22. The minimum Gasteiger partial charge on any atom is -0.326 e. The average molecular weight is 195 g/mol. The van der Waals surface area contributed by atoms with Crippen LogP contribution >= 0.6 is 23.7 Å². The number of hydrogen-bond acceptors (Lipinski definition) is 4. The van der Waals surface area contributed by atoms with Gasteiger partial charge >= 0.3 is 5.00 Å². The van der Waals surface area contributed by atoms with Gasteiger partial charge in [-0.2, -0.15) is 0 Å². The van der Waals surface area contributed by atoms with Crippen LogP contribution in [0.1, 0.15) is 4.88 Å². The lowest BCUT2D eigenvalue weighted by molar-refractivity contribution is -0.380. The summed E-state index contributed by atoms with van der Waals surface area (Å²) in [5.74, 6) is 0. The number of thiophene rings is 1. The van der Waals surface area contributed by atoms with Gasteiger partial charge in [0.2, 0.25) is 0 Å². The van der Waals surface area contributed by atoms with Gasteiger partial charge in [0.1, 0.15) is 0 Å². The molecule has 0 aliphatic carbocycles. The van der Waals surface area contributed by atoms with Gasteiger partial charge in [-0.1, -0.05) is 11.3 Å². The summed E-state index contributed by atoms with van der Waals surface area (Å²) in [6, 6.07) is 3.13. The average Bonchev–Trinajstić information content (AvgIpc) is 2.34. The molecule has 0 fully saturated rings. The Labute approximate surface area is 73.6 Å². The van der Waals surface area contributed by atoms with Gasteiger partial charge in [0.05, 0.1) is 4.92 Å². The van der Waals surface area contributed by atoms with E-state index >= 15 is 0 Å². The molecule has 1 rings (SSSR count). The van der Waals surface area contributed by atoms with Crippen molar-refractivity contribution in [3.8, 4) is 0 Å². The van der Waals surface area contributed by atoms with Gasteiger partial charge in [-0.3, -0.25) is 10.1 Å². The molecule has 4 nitrogen and oxygen atoms in total. The third kappa shape index (κ3) is 2.45. The van der Waals surface area contributed by atoms with E-state index in [0.717, 1.165) is 16.2 Å². The minimum atomic E-state index is -0.413. The number of hydrogen-bond donors (Lipinski definition) is 1. The van der Waals surface area contributed by atoms with Crippen molar-refractivity contribution >= 4 is 28.7 Å². The van der Waals surface area contributed by atoms with Crippen LogP contribution in [0.3, 0.4) is 0 Å². The molecule has 0 aliphatic rings. The molecule has 0 saturated heterocycles. The van der Waals surface area contributed by atoms with Crippen LogP contribution in [-0.4, -0.2) is 4.92 Å². The van der Waals surface area contributed by atoms with E-state index < -0.39 is 4.92 Å². The Balaban J connectivity index is 0.000001000. The van der Waals surface area contributed by atoms with Crippen LogP contribution in [0.25, 0.3) is 0 Å². The first-order valence-electron chi connectivity index (χ1n) is 2.67. The minimum absolute atomic E-state index is 0. The fourth-order valence-corrected chi connectivity index (χ4v) is 1.27. The zero-order chi connectivity index (χ0) is 7.56. The fourth-order valence-electron chi connectivity index (χ4n) is 0.574. The molecule has 2 N–H and O–H groups in total. The standard InChI is InChI=1S/C5H6N2O2S.ClH/c6-3-4-1-2-5(10-4)7(8)9;/h1-2H,3,6H2;1H. The summed E-state index contributed by atoms with van der Waals surface area (Å²) in [5, 5.41) is 10.3. The zero-order valence-corrected chi connectivity index (χ0v) is 7.15. The van der Waals surface area contributed by atoms with E-state index in [-0.39, 0.29) is 17.4 Å². The normalized spacial score (nSPS) is 8.82. The molecule has 0 aliphatic heterocycles. The van der Waals surface area contributed by atoms with Crippen LogP contribution in [0.2, 0.25) is 0 Å². The van der Waals surface area contributed by atoms with Crippen molar-refractivity contribution in [3.63, 3.8) is 0 Å². The maximum Gasteiger partial charge on any atom is 0.324 e. The maximum atomic E-state index is 10.1. The molecule has 0 saturated carbocycles. The summed E-state index contributed by atoms with van der Waals surface area (Å²) in [4.78, 5) is 10.5. The molecule has 0 amide bonds. The first kappa shape index (κ1) is 10.3. The molecule has 6 heteroatoms. The second-order valence-electron chi connectivity index (χ2n) is 1.70. The quantitative estimate of drug-likeness (QED) is 0.574. The molecule has 1 heterocycles. The number of halogens is 1. The predicted octanol–water partition coefficient (Wildman–Crippen LogP) is 1.54. The number of rotatable bonds is 2. The van der Waals surface area contributed by atoms with Crippen LogP contribution in [0.5, 0.6) is 0 Å². The molecule has 1 aromatic heterocycles. The van der Waals surface area contributed by atoms with Crippen molar-refractivity contribution < 1.29 is 4.92 Å². The fraction of sp³-hybridized carbons (Fsp3) is 0.200. The van der Waals surface area contributed by atoms with E-state index in [1.807, 2.05) is 0 Å². The molecule has 0 atom stereocenters. The molecule has 0 unspecified atom stereocenters. The van der Waals surface area contributed by atoms with Crippen molar-refractivity contribution in [1.29, 1.82) is 0 Å². The summed E-state index contributed by atoms with van der Waals surface area (Å²) < 4.78 is 0. The SMILES string of the molecule is Cl.NCc1ccc([N+](=O)[O-])s1. The Morgan fingerprint density at radius 1 is 1.64 bits per heavy atom. The molecule has 0 radical (unpaired) electrons. The summed E-state index contributed by atoms with van der Waals surface area (Å²) in [7, 11) is 0. The third-order valence-corrected chi connectivity index (χ3v) is 2.09. The summed E-state index contributed by atoms with van der Waals surface area (Å²) in [5.41, 5.74) is 5.25. The second kappa shape index (κ2) is 4.27. The highest BCUT2D eigenvalue weighted by atomic mass is 35.5. The highest BCUT2D eigenvalue weighted by molar-refractivity contribution is 7.15. The summed E-state index contributed by atoms with van der Waals surface area (Å²) in [6.45, 7) is 0.374. The molecule has 0 bridgehead atoms. The van der Waals surface area contributed by atoms with Crippen molar-refractivity contribution in [2.75, 3.05) is 0 Å². The van der Waals surface area contributed by atoms with Crippen LogP contribution in [0, 0.1) is 10.1 Å². The lowest BCUT2D eigenvalue weighted by Crippen LogP contribution is -1.91. The van der Waals surface area contributed by atoms with E-state index in [4.69, 9.17) is 5.73 Å². The molecule has 62 valence electrons. The van der Waals surface area contributed by atoms with Crippen LogP contribution in [0.15, 0.2) is 12.1 Å². The van der Waals surface area contributed by atoms with Crippen molar-refractivity contribution in [2.45, 2.75) is 6.54 Å². The first-order valence-corrected chi connectivity index (χ1v) is 3.49. The van der Waals surface area contributed by atoms with E-state index in [2.05, 4.69) is 0 Å². The Bertz CT molecular complexity index is 250. The van der Waals surface area contributed by atoms with Crippen LogP contribution in [0.4, 0.5) is 5.00 Å². The molecular formula is C5H7ClN2O2S. The number of nitrogens with two attached hydrogens (primary N) is 1. The Kier molecular flexibility index (Phi) is 4.02. The van der Waals surface area contributed by atoms with E-state index in [9.17, 15) is 10.1 Å². The van der Waals surface area contributed by atoms with E-state index in [0.29, 0.717) is 6.54 Å². The summed E-state index contributed by atoms with van der Waals surface area (Å²) >= 11 is 1.12. The van der Waals surface area contributed by atoms with Gasteiger partial charge in [-0.05, 0) is 6.07 Å². The monoisotopic (exact) mass is 194 g/mol. The number of nitro groups is 1. The lowest BCUT2D eigenvalue weighted by Gasteiger charge is -1.81. The van der Waals surface area contributed by atoms with Crippen LogP contribution < -0.4 is 5.73 Å². The lowest BCUT2D eigenvalue weighted by atomic mass is 10.5. The molecule has 0 aromatic carbocycles. The Morgan fingerprint density at radius 3 is 2.55 bits per heavy atom. The molecule has 11 heavy (non-hydrogen) atoms. The van der Waals surface area contributed by atoms with E-state index in [1.165, 1.54) is 6.07 Å². The van der Waals surface area contributed by atoms with Gasteiger partial charge in [0.15, 0.2) is 0 Å². The van der Waals surface area contributed by atoms with Gasteiger partial charge in [0, 0.05) is 17.5 Å². The van der Waals surface area contributed by atoms with E-state index in [1.54, 1.807) is 6.07 Å². The third-order valence-electron chi connectivity index (χ3n) is 1.03. The number of nitrogens with zero attached hydrogens (tertiary/aromatic N) is 1. The predicted molar refractivity (Wildman–Crippen MR) is 46.1 cm³/mol. The van der Waals surface area contributed by atoms with Crippen molar-refractivity contribution in [3.05, 3.63) is 27.1 Å². The molecule has 1 aromatic rings. The molecular weight excluding hydrogens is 188 g/mol. The smallest absolute Gasteiger partial charge is 0.324 e. The van der Waals surface area contributed by atoms with Gasteiger partial charge in [-0.15, -0.1) is 12.4 Å². The Morgan fingerprint density at radius 2 is 2.27 bits per heavy atom. The first-order chi connectivity index (χ1) is 4.74. The zero-order valence-electron chi connectivity index (χ0n) is 5.52. The van der Waals surface area contributed by atoms with Crippen molar-refractivity contribution in [1.82, 2.24) is 0 Å². The molecule has 0 spiro atoms. The van der Waals surface area contributed by atoms with Gasteiger partial charge in [0.25, 0.3) is 0 Å². The highest BCUT2D eigenvalue weighted by Gasteiger charge is 2.07. The van der Waals surface area contributed by atoms with Crippen molar-refractivity contribution in [2.24, 2.45) is 5.73 Å². The maximum absolute atomic E-state index is 10.1. The summed E-state index contributed by atoms with van der Waals surface area (Å²) in [6.07, 6.45) is 0.